The molecule has 18 heavy (non-hydrogen) atoms. The van der Waals surface area contributed by atoms with E-state index in [0.717, 1.165) is 0 Å². The van der Waals surface area contributed by atoms with E-state index in [1.54, 1.807) is 31.2 Å². The molecule has 0 radical (unpaired) electrons. The first-order valence-electron chi connectivity index (χ1n) is 5.47. The number of benzene rings is 1. The molecule has 4 N–H and O–H groups in total. The molecule has 0 aliphatic rings. The van der Waals surface area contributed by atoms with Crippen LogP contribution in [0, 0.1) is 0 Å². The second kappa shape index (κ2) is 5.77. The molecule has 1 atom stereocenters. The number of nitrogen functional groups attached to an aromatic ring is 1. The van der Waals surface area contributed by atoms with Crippen molar-refractivity contribution in [2.75, 3.05) is 18.9 Å². The van der Waals surface area contributed by atoms with Crippen molar-refractivity contribution in [1.82, 2.24) is 5.32 Å². The average molecular weight is 258 g/mol. The molecule has 1 unspecified atom stereocenters. The second-order valence-electron chi connectivity index (χ2n) is 4.12. The molecular formula is C12H16F2N2O2. The number of nitrogens with one attached hydrogen (secondary N) is 1. The zero-order chi connectivity index (χ0) is 13.8. The molecule has 1 aromatic rings. The van der Waals surface area contributed by atoms with Crippen LogP contribution < -0.4 is 11.1 Å². The van der Waals surface area contributed by atoms with Crippen LogP contribution in [0.15, 0.2) is 24.3 Å². The highest BCUT2D eigenvalue weighted by atomic mass is 19.3. The maximum absolute atomic E-state index is 12.8. The fraction of sp³-hybridized carbons (Fsp3) is 0.417. The van der Waals surface area contributed by atoms with Crippen molar-refractivity contribution >= 4 is 11.6 Å². The molecule has 0 aromatic heterocycles. The van der Waals surface area contributed by atoms with E-state index in [2.05, 4.69) is 5.32 Å². The number of rotatable bonds is 5. The van der Waals surface area contributed by atoms with Crippen molar-refractivity contribution in [3.63, 3.8) is 0 Å². The number of hydrogen-bond donors (Lipinski definition) is 3. The summed E-state index contributed by atoms with van der Waals surface area (Å²) in [4.78, 5) is 11.7. The molecule has 0 saturated carbocycles. The van der Waals surface area contributed by atoms with E-state index in [1.807, 2.05) is 0 Å². The minimum Gasteiger partial charge on any atom is -0.399 e. The molecule has 0 aliphatic heterocycles. The normalized spacial score (nSPS) is 13.1. The van der Waals surface area contributed by atoms with Crippen LogP contribution in [0.5, 0.6) is 0 Å². The smallest absolute Gasteiger partial charge is 0.287 e. The molecule has 0 spiro atoms. The first-order valence-corrected chi connectivity index (χ1v) is 5.47. The van der Waals surface area contributed by atoms with E-state index in [0.29, 0.717) is 11.3 Å². The monoisotopic (exact) mass is 258 g/mol. The van der Waals surface area contributed by atoms with Gasteiger partial charge in [0, 0.05) is 5.69 Å². The third-order valence-electron chi connectivity index (χ3n) is 2.56. The van der Waals surface area contributed by atoms with Gasteiger partial charge in [0.2, 0.25) is 5.91 Å². The van der Waals surface area contributed by atoms with Gasteiger partial charge in [0.25, 0.3) is 5.92 Å². The Kier molecular flexibility index (Phi) is 4.61. The van der Waals surface area contributed by atoms with Crippen molar-refractivity contribution in [2.24, 2.45) is 0 Å². The zero-order valence-electron chi connectivity index (χ0n) is 9.99. The van der Waals surface area contributed by atoms with Crippen LogP contribution in [0.1, 0.15) is 18.4 Å². The lowest BCUT2D eigenvalue weighted by atomic mass is 10.00. The van der Waals surface area contributed by atoms with E-state index in [9.17, 15) is 13.6 Å². The highest BCUT2D eigenvalue weighted by molar-refractivity contribution is 5.83. The van der Waals surface area contributed by atoms with Crippen LogP contribution >= 0.6 is 0 Å². The van der Waals surface area contributed by atoms with Crippen LogP contribution in [0.3, 0.4) is 0 Å². The number of carbonyl (C=O) groups excluding carboxylic acids is 1. The van der Waals surface area contributed by atoms with Gasteiger partial charge in [-0.3, -0.25) is 4.79 Å². The van der Waals surface area contributed by atoms with Crippen LogP contribution in [0.4, 0.5) is 14.5 Å². The van der Waals surface area contributed by atoms with E-state index < -0.39 is 30.9 Å². The second-order valence-corrected chi connectivity index (χ2v) is 4.12. The Labute approximate surface area is 104 Å². The molecule has 6 heteroatoms. The van der Waals surface area contributed by atoms with E-state index in [1.165, 1.54) is 0 Å². The van der Waals surface area contributed by atoms with Crippen LogP contribution in [-0.2, 0) is 4.79 Å². The summed E-state index contributed by atoms with van der Waals surface area (Å²) in [7, 11) is 0. The topological polar surface area (TPSA) is 75.3 Å². The van der Waals surface area contributed by atoms with E-state index in [-0.39, 0.29) is 0 Å². The number of aliphatic hydroxyl groups is 1. The maximum Gasteiger partial charge on any atom is 0.287 e. The lowest BCUT2D eigenvalue weighted by molar-refractivity contribution is -0.125. The average Bonchev–Trinajstić information content (AvgIpc) is 2.35. The van der Waals surface area contributed by atoms with Crippen molar-refractivity contribution in [3.05, 3.63) is 29.8 Å². The summed E-state index contributed by atoms with van der Waals surface area (Å²) in [6, 6.07) is 6.68. The number of alkyl halides is 2. The first-order chi connectivity index (χ1) is 8.35. The number of amides is 1. The quantitative estimate of drug-likeness (QED) is 0.693. The molecule has 100 valence electrons. The van der Waals surface area contributed by atoms with Crippen LogP contribution in [-0.4, -0.2) is 30.1 Å². The number of halogens is 2. The third kappa shape index (κ3) is 3.96. The van der Waals surface area contributed by atoms with Gasteiger partial charge in [-0.2, -0.15) is 0 Å². The van der Waals surface area contributed by atoms with E-state index in [4.69, 9.17) is 10.8 Å². The number of carbonyl (C=O) groups is 1. The summed E-state index contributed by atoms with van der Waals surface area (Å²) in [5.41, 5.74) is 6.74. The van der Waals surface area contributed by atoms with Gasteiger partial charge in [-0.1, -0.05) is 12.1 Å². The highest BCUT2D eigenvalue weighted by Gasteiger charge is 2.29. The van der Waals surface area contributed by atoms with Crippen molar-refractivity contribution < 1.29 is 18.7 Å². The van der Waals surface area contributed by atoms with E-state index >= 15 is 0 Å². The van der Waals surface area contributed by atoms with Crippen LogP contribution in [0.25, 0.3) is 0 Å². The zero-order valence-corrected chi connectivity index (χ0v) is 9.99. The van der Waals surface area contributed by atoms with Gasteiger partial charge in [-0.25, -0.2) is 8.78 Å². The van der Waals surface area contributed by atoms with Gasteiger partial charge < -0.3 is 16.2 Å². The predicted octanol–water partition coefficient (Wildman–Crippen LogP) is 1.12. The molecular weight excluding hydrogens is 242 g/mol. The Morgan fingerprint density at radius 2 is 2.22 bits per heavy atom. The molecule has 1 aromatic carbocycles. The Morgan fingerprint density at radius 3 is 2.78 bits per heavy atom. The van der Waals surface area contributed by atoms with Gasteiger partial charge >= 0.3 is 0 Å². The molecule has 0 aliphatic carbocycles. The van der Waals surface area contributed by atoms with Crippen LogP contribution in [0.2, 0.25) is 0 Å². The third-order valence-corrected chi connectivity index (χ3v) is 2.56. The van der Waals surface area contributed by atoms with Gasteiger partial charge in [0.15, 0.2) is 0 Å². The Balaban J connectivity index is 2.62. The number of anilines is 1. The largest absolute Gasteiger partial charge is 0.399 e. The van der Waals surface area contributed by atoms with Gasteiger partial charge in [0.1, 0.15) is 6.61 Å². The first kappa shape index (κ1) is 14.4. The summed E-state index contributed by atoms with van der Waals surface area (Å²) < 4.78 is 25.5. The number of aliphatic hydroxyl groups excluding tert-OH is 1. The lowest BCUT2D eigenvalue weighted by Crippen LogP contribution is -2.40. The predicted molar refractivity (Wildman–Crippen MR) is 64.3 cm³/mol. The standard InChI is InChI=1S/C12H16F2N2O2/c1-8(9-3-2-4-10(15)5-9)11(18)16-6-12(13,14)7-17/h2-5,8,17H,6-7,15H2,1H3,(H,16,18). The SMILES string of the molecule is CC(C(=O)NCC(F)(F)CO)c1cccc(N)c1. The van der Waals surface area contributed by atoms with Gasteiger partial charge in [-0.05, 0) is 24.6 Å². The summed E-state index contributed by atoms with van der Waals surface area (Å²) in [6.07, 6.45) is 0. The minimum absolute atomic E-state index is 0.507. The molecule has 0 heterocycles. The van der Waals surface area contributed by atoms with Crippen molar-refractivity contribution in [1.29, 1.82) is 0 Å². The fourth-order valence-electron chi connectivity index (χ4n) is 1.41. The molecule has 1 amide bonds. The molecule has 0 fully saturated rings. The summed E-state index contributed by atoms with van der Waals surface area (Å²) in [6.45, 7) is -0.573. The molecule has 0 bridgehead atoms. The Bertz CT molecular complexity index is 424. The summed E-state index contributed by atoms with van der Waals surface area (Å²) in [5.74, 6) is -4.41. The summed E-state index contributed by atoms with van der Waals surface area (Å²) >= 11 is 0. The van der Waals surface area contributed by atoms with Gasteiger partial charge in [-0.15, -0.1) is 0 Å². The van der Waals surface area contributed by atoms with Crippen molar-refractivity contribution in [3.8, 4) is 0 Å². The number of hydrogen-bond acceptors (Lipinski definition) is 3. The Hall–Kier alpha value is -1.69. The maximum atomic E-state index is 12.8. The summed E-state index contributed by atoms with van der Waals surface area (Å²) in [5, 5.41) is 10.5. The number of nitrogens with two attached hydrogens (primary N) is 1. The molecule has 1 rings (SSSR count). The van der Waals surface area contributed by atoms with Crippen molar-refractivity contribution in [2.45, 2.75) is 18.8 Å². The molecule has 0 saturated heterocycles. The fourth-order valence-corrected chi connectivity index (χ4v) is 1.41. The van der Waals surface area contributed by atoms with Gasteiger partial charge in [0.05, 0.1) is 12.5 Å². The Morgan fingerprint density at radius 1 is 1.56 bits per heavy atom. The highest BCUT2D eigenvalue weighted by Crippen LogP contribution is 2.18. The molecule has 4 nitrogen and oxygen atoms in total. The minimum atomic E-state index is -3.30. The lowest BCUT2D eigenvalue weighted by Gasteiger charge is -2.17.